The Morgan fingerprint density at radius 1 is 1.12 bits per heavy atom. The summed E-state index contributed by atoms with van der Waals surface area (Å²) in [5, 5.41) is 0.840. The van der Waals surface area contributed by atoms with Gasteiger partial charge in [0.25, 0.3) is 0 Å². The Labute approximate surface area is 137 Å². The molecule has 2 aromatic rings. The van der Waals surface area contributed by atoms with Crippen molar-refractivity contribution in [2.24, 2.45) is 0 Å². The van der Waals surface area contributed by atoms with Crippen molar-refractivity contribution in [3.05, 3.63) is 34.7 Å². The summed E-state index contributed by atoms with van der Waals surface area (Å²) in [5.74, 6) is 0.155. The van der Waals surface area contributed by atoms with Crippen molar-refractivity contribution in [1.29, 1.82) is 0 Å². The molecule has 0 N–H and O–H groups in total. The van der Waals surface area contributed by atoms with Gasteiger partial charge in [-0.2, -0.15) is 0 Å². The van der Waals surface area contributed by atoms with Gasteiger partial charge in [-0.05, 0) is 30.9 Å². The summed E-state index contributed by atoms with van der Waals surface area (Å²) >= 11 is 0. The molecule has 24 heavy (non-hydrogen) atoms. The molecule has 0 bridgehead atoms. The second-order valence-electron chi connectivity index (χ2n) is 5.60. The van der Waals surface area contributed by atoms with Crippen molar-refractivity contribution in [3.63, 3.8) is 0 Å². The van der Waals surface area contributed by atoms with Crippen LogP contribution in [0.1, 0.15) is 42.5 Å². The molecule has 0 radical (unpaired) electrons. The molecule has 9 heteroatoms. The van der Waals surface area contributed by atoms with Crippen LogP contribution in [0.5, 0.6) is 0 Å². The molecule has 0 amide bonds. The maximum absolute atomic E-state index is 13.4. The Kier molecular flexibility index (Phi) is 5.52. The maximum atomic E-state index is 13.4. The Morgan fingerprint density at radius 2 is 1.71 bits per heavy atom. The quantitative estimate of drug-likeness (QED) is 0.297. The molecule has 134 valence electrons. The maximum Gasteiger partial charge on any atom is 0.673 e. The van der Waals surface area contributed by atoms with E-state index in [2.05, 4.69) is 0 Å². The van der Waals surface area contributed by atoms with Crippen LogP contribution >= 0.6 is 10.5 Å². The van der Waals surface area contributed by atoms with Gasteiger partial charge in [0, 0.05) is 17.4 Å². The minimum Gasteiger partial charge on any atom is -0.418 e. The summed E-state index contributed by atoms with van der Waals surface area (Å²) < 4.78 is 79.7. The molecule has 0 aliphatic heterocycles. The number of hydrogen-bond donors (Lipinski definition) is 0. The van der Waals surface area contributed by atoms with Crippen LogP contribution in [-0.4, -0.2) is 7.25 Å². The first-order valence-corrected chi connectivity index (χ1v) is 8.76. The molecule has 3 rings (SSSR count). The van der Waals surface area contributed by atoms with E-state index >= 15 is 0 Å². The highest BCUT2D eigenvalue weighted by Gasteiger charge is 2.50. The average molecular weight is 372 g/mol. The van der Waals surface area contributed by atoms with Gasteiger partial charge in [-0.15, -0.1) is 13.2 Å². The van der Waals surface area contributed by atoms with Crippen LogP contribution in [0.15, 0.2) is 24.3 Å². The molecule has 0 saturated heterocycles. The zero-order valence-electron chi connectivity index (χ0n) is 12.8. The van der Waals surface area contributed by atoms with E-state index in [0.29, 0.717) is 9.58 Å². The highest BCUT2D eigenvalue weighted by Crippen LogP contribution is 2.56. The molecule has 0 spiro atoms. The summed E-state index contributed by atoms with van der Waals surface area (Å²) in [6.45, 7) is 2.00. The molecule has 1 aromatic heterocycles. The molecule has 1 aliphatic rings. The summed E-state index contributed by atoms with van der Waals surface area (Å²) in [6.07, 6.45) is 3.68. The molecule has 1 heterocycles. The van der Waals surface area contributed by atoms with E-state index in [1.54, 1.807) is 12.1 Å². The number of alkyl halides is 3. The second kappa shape index (κ2) is 6.94. The Hall–Kier alpha value is -1.25. The van der Waals surface area contributed by atoms with E-state index in [4.69, 9.17) is 0 Å². The third-order valence-electron chi connectivity index (χ3n) is 4.02. The van der Waals surface area contributed by atoms with Gasteiger partial charge in [-0.1, -0.05) is 25.5 Å². The van der Waals surface area contributed by atoms with E-state index in [1.165, 1.54) is 0 Å². The second-order valence-corrected chi connectivity index (χ2v) is 7.59. The normalized spacial score (nSPS) is 16.6. The third kappa shape index (κ3) is 4.43. The van der Waals surface area contributed by atoms with Crippen molar-refractivity contribution >= 4 is 27.8 Å². The summed E-state index contributed by atoms with van der Waals surface area (Å²) in [7, 11) is -7.69. The largest absolute Gasteiger partial charge is 0.673 e. The van der Waals surface area contributed by atoms with Crippen LogP contribution in [0.2, 0.25) is 0 Å². The number of aryl methyl sites for hydroxylation is 1. The van der Waals surface area contributed by atoms with Crippen LogP contribution in [-0.2, 0) is 11.9 Å². The highest BCUT2D eigenvalue weighted by atomic mass is 32.2. The number of hydrogen-bond acceptors (Lipinski definition) is 0. The van der Waals surface area contributed by atoms with Gasteiger partial charge >= 0.3 is 12.8 Å². The van der Waals surface area contributed by atoms with Gasteiger partial charge in [0.1, 0.15) is 0 Å². The molecule has 1 aliphatic carbocycles. The fourth-order valence-electron chi connectivity index (χ4n) is 2.80. The van der Waals surface area contributed by atoms with Crippen LogP contribution < -0.4 is 0 Å². The number of thiophene rings is 1. The number of rotatable bonds is 2. The lowest BCUT2D eigenvalue weighted by Crippen LogP contribution is -2.10. The molecule has 1 aromatic carbocycles. The first kappa shape index (κ1) is 19.1. The van der Waals surface area contributed by atoms with E-state index in [-0.39, 0.29) is 5.92 Å². The zero-order valence-corrected chi connectivity index (χ0v) is 13.7. The standard InChI is InChI=1S/C15H16F3S.BF4/c1-2-10-5-4-8-13-12(10)9-14(11-6-3-7-11)19(13)15(16,17)18;2-1(3,4)5/h4-5,8-9,11H,2-3,6-7H2,1H3;/q+1;-1. The van der Waals surface area contributed by atoms with Crippen molar-refractivity contribution < 1.29 is 30.4 Å². The van der Waals surface area contributed by atoms with Gasteiger partial charge in [0.15, 0.2) is 9.58 Å². The van der Waals surface area contributed by atoms with Gasteiger partial charge in [-0.25, -0.2) is 0 Å². The van der Waals surface area contributed by atoms with Gasteiger partial charge in [-0.3, -0.25) is 0 Å². The zero-order chi connectivity index (χ0) is 18.1. The predicted molar refractivity (Wildman–Crippen MR) is 83.9 cm³/mol. The fraction of sp³-hybridized carbons (Fsp3) is 0.467. The van der Waals surface area contributed by atoms with Crippen molar-refractivity contribution in [1.82, 2.24) is 0 Å². The molecular weight excluding hydrogens is 356 g/mol. The van der Waals surface area contributed by atoms with Crippen LogP contribution in [0.25, 0.3) is 10.1 Å². The van der Waals surface area contributed by atoms with Gasteiger partial charge < -0.3 is 17.3 Å². The number of fused-ring (bicyclic) bond motifs is 1. The van der Waals surface area contributed by atoms with Crippen molar-refractivity contribution in [2.75, 3.05) is 0 Å². The first-order chi connectivity index (χ1) is 11.0. The Balaban J connectivity index is 0.000000368. The molecular formula is C15H16BF7S. The minimum absolute atomic E-state index is 0.155. The lowest BCUT2D eigenvalue weighted by atomic mass is 9.84. The lowest BCUT2D eigenvalue weighted by Gasteiger charge is -2.21. The topological polar surface area (TPSA) is 0 Å². The van der Waals surface area contributed by atoms with Crippen molar-refractivity contribution in [2.45, 2.75) is 44.0 Å². The lowest BCUT2D eigenvalue weighted by molar-refractivity contribution is -0.0868. The Bertz CT molecular complexity index is 692. The van der Waals surface area contributed by atoms with Gasteiger partial charge in [0.2, 0.25) is 0 Å². The Morgan fingerprint density at radius 3 is 2.12 bits per heavy atom. The summed E-state index contributed by atoms with van der Waals surface area (Å²) in [5.41, 5.74) is -3.10. The summed E-state index contributed by atoms with van der Waals surface area (Å²) in [4.78, 5) is 0.634. The number of benzene rings is 1. The molecule has 1 unspecified atom stereocenters. The smallest absolute Gasteiger partial charge is 0.418 e. The number of halogens is 7. The molecule has 1 fully saturated rings. The fourth-order valence-corrected chi connectivity index (χ4v) is 5.00. The summed E-state index contributed by atoms with van der Waals surface area (Å²) in [6, 6.07) is 7.21. The van der Waals surface area contributed by atoms with E-state index < -0.39 is 23.2 Å². The van der Waals surface area contributed by atoms with E-state index in [9.17, 15) is 30.4 Å². The van der Waals surface area contributed by atoms with E-state index in [0.717, 1.165) is 36.6 Å². The SMILES string of the molecule is CCc1cccc2c1cc(C1CCC1)[s+]2C(F)(F)F.F[B-](F)(F)F. The van der Waals surface area contributed by atoms with Crippen LogP contribution in [0, 0.1) is 0 Å². The van der Waals surface area contributed by atoms with Crippen LogP contribution in [0.4, 0.5) is 30.4 Å². The highest BCUT2D eigenvalue weighted by molar-refractivity contribution is 7.38. The van der Waals surface area contributed by atoms with E-state index in [1.807, 2.05) is 19.1 Å². The first-order valence-electron chi connectivity index (χ1n) is 7.54. The molecule has 0 nitrogen and oxygen atoms in total. The van der Waals surface area contributed by atoms with Crippen molar-refractivity contribution in [3.8, 4) is 0 Å². The third-order valence-corrected chi connectivity index (χ3v) is 6.20. The molecule has 1 saturated carbocycles. The molecule has 1 atom stereocenters. The minimum atomic E-state index is -6.00. The predicted octanol–water partition coefficient (Wildman–Crippen LogP) is 7.20. The monoisotopic (exact) mass is 372 g/mol. The van der Waals surface area contributed by atoms with Gasteiger partial charge in [0.05, 0.1) is 10.5 Å². The average Bonchev–Trinajstić information content (AvgIpc) is 2.72. The van der Waals surface area contributed by atoms with Crippen LogP contribution in [0.3, 0.4) is 0 Å².